The number of phenolic OH excluding ortho intramolecular Hbond substituents is 1. The third-order valence-corrected chi connectivity index (χ3v) is 4.67. The Balaban J connectivity index is 2.03. The Bertz CT molecular complexity index is 1060. The van der Waals surface area contributed by atoms with Gasteiger partial charge in [-0.3, -0.25) is 4.55 Å². The second kappa shape index (κ2) is 6.20. The number of halogens is 1. The van der Waals surface area contributed by atoms with E-state index >= 15 is 0 Å². The molecule has 0 saturated heterocycles. The van der Waals surface area contributed by atoms with Crippen molar-refractivity contribution in [3.05, 3.63) is 59.6 Å². The van der Waals surface area contributed by atoms with Crippen LogP contribution in [0.15, 0.2) is 69.7 Å². The number of hydrogen-bond donors (Lipinski definition) is 2. The number of fused-ring (bicyclic) bond motifs is 1. The summed E-state index contributed by atoms with van der Waals surface area (Å²) < 4.78 is 31.3. The minimum atomic E-state index is -4.40. The lowest BCUT2D eigenvalue weighted by Gasteiger charge is -2.04. The van der Waals surface area contributed by atoms with Crippen LogP contribution in [0.25, 0.3) is 10.8 Å². The molecule has 3 aromatic rings. The number of azo groups is 1. The van der Waals surface area contributed by atoms with Gasteiger partial charge in [-0.15, -0.1) is 5.11 Å². The highest BCUT2D eigenvalue weighted by Gasteiger charge is 2.14. The van der Waals surface area contributed by atoms with Crippen molar-refractivity contribution in [3.63, 3.8) is 0 Å². The van der Waals surface area contributed by atoms with Gasteiger partial charge in [0.25, 0.3) is 10.1 Å². The molecule has 3 aromatic carbocycles. The molecule has 2 N–H and O–H groups in total. The molecule has 0 heterocycles. The van der Waals surface area contributed by atoms with Crippen LogP contribution in [0, 0.1) is 0 Å². The van der Waals surface area contributed by atoms with Crippen molar-refractivity contribution in [2.45, 2.75) is 4.90 Å². The maximum atomic E-state index is 11.1. The lowest BCUT2D eigenvalue weighted by molar-refractivity contribution is 0.477. The van der Waals surface area contributed by atoms with Gasteiger partial charge in [-0.2, -0.15) is 13.5 Å². The number of aromatic hydroxyl groups is 1. The van der Waals surface area contributed by atoms with E-state index in [0.717, 1.165) is 16.8 Å². The predicted octanol–water partition coefficient (Wildman–Crippen LogP) is 4.86. The van der Waals surface area contributed by atoms with E-state index in [9.17, 15) is 13.5 Å². The molecule has 0 aliphatic carbocycles. The molecule has 0 aliphatic rings. The monoisotopic (exact) mass is 362 g/mol. The summed E-state index contributed by atoms with van der Waals surface area (Å²) in [6.07, 6.45) is 0. The average molecular weight is 363 g/mol. The van der Waals surface area contributed by atoms with Crippen LogP contribution < -0.4 is 0 Å². The Morgan fingerprint density at radius 3 is 2.42 bits per heavy atom. The smallest absolute Gasteiger partial charge is 0.296 e. The fourth-order valence-electron chi connectivity index (χ4n) is 2.22. The Morgan fingerprint density at radius 1 is 0.958 bits per heavy atom. The van der Waals surface area contributed by atoms with Gasteiger partial charge in [-0.25, -0.2) is 0 Å². The van der Waals surface area contributed by atoms with Gasteiger partial charge in [0.05, 0.1) is 10.7 Å². The number of hydrogen-bond acceptors (Lipinski definition) is 5. The molecule has 0 atom stereocenters. The number of benzene rings is 3. The van der Waals surface area contributed by atoms with Gasteiger partial charge >= 0.3 is 0 Å². The first-order valence-corrected chi connectivity index (χ1v) is 8.57. The minimum absolute atomic E-state index is 0.0295. The van der Waals surface area contributed by atoms with E-state index in [2.05, 4.69) is 10.2 Å². The molecule has 0 fully saturated rings. The molecule has 0 aromatic heterocycles. The Hall–Kier alpha value is -2.48. The highest BCUT2D eigenvalue weighted by molar-refractivity contribution is 7.86. The first-order valence-electron chi connectivity index (χ1n) is 6.76. The molecule has 0 radical (unpaired) electrons. The quantitative estimate of drug-likeness (QED) is 0.513. The van der Waals surface area contributed by atoms with Crippen molar-refractivity contribution in [2.75, 3.05) is 0 Å². The van der Waals surface area contributed by atoms with E-state index in [1.54, 1.807) is 12.1 Å². The van der Waals surface area contributed by atoms with E-state index in [4.69, 9.17) is 16.2 Å². The van der Waals surface area contributed by atoms with Gasteiger partial charge in [-0.05, 0) is 29.7 Å². The molecule has 3 rings (SSSR count). The van der Waals surface area contributed by atoms with E-state index in [-0.39, 0.29) is 16.5 Å². The lowest BCUT2D eigenvalue weighted by Crippen LogP contribution is -1.98. The molecule has 8 heteroatoms. The predicted molar refractivity (Wildman–Crippen MR) is 91.1 cm³/mol. The van der Waals surface area contributed by atoms with Gasteiger partial charge < -0.3 is 5.11 Å². The highest BCUT2D eigenvalue weighted by atomic mass is 35.5. The van der Waals surface area contributed by atoms with Crippen molar-refractivity contribution in [3.8, 4) is 5.75 Å². The van der Waals surface area contributed by atoms with Crippen molar-refractivity contribution in [2.24, 2.45) is 10.2 Å². The molecule has 0 aliphatic heterocycles. The van der Waals surface area contributed by atoms with Crippen LogP contribution in [0.1, 0.15) is 0 Å². The summed E-state index contributed by atoms with van der Waals surface area (Å²) in [4.78, 5) is -0.406. The zero-order chi connectivity index (χ0) is 17.3. The van der Waals surface area contributed by atoms with Crippen LogP contribution in [0.3, 0.4) is 0 Å². The van der Waals surface area contributed by atoms with Gasteiger partial charge in [0.2, 0.25) is 0 Å². The van der Waals surface area contributed by atoms with E-state index in [0.29, 0.717) is 5.69 Å². The van der Waals surface area contributed by atoms with Crippen molar-refractivity contribution in [1.82, 2.24) is 0 Å². The molecule has 0 bridgehead atoms. The van der Waals surface area contributed by atoms with Gasteiger partial charge in [0.15, 0.2) is 0 Å². The summed E-state index contributed by atoms with van der Waals surface area (Å²) in [7, 11) is -4.40. The normalized spacial score (nSPS) is 12.1. The minimum Gasteiger partial charge on any atom is -0.506 e. The molecule has 0 amide bonds. The second-order valence-corrected chi connectivity index (χ2v) is 6.74. The van der Waals surface area contributed by atoms with E-state index < -0.39 is 15.0 Å². The maximum Gasteiger partial charge on any atom is 0.296 e. The summed E-state index contributed by atoms with van der Waals surface area (Å²) >= 11 is 5.83. The zero-order valence-corrected chi connectivity index (χ0v) is 13.7. The van der Waals surface area contributed by atoms with Crippen molar-refractivity contribution >= 4 is 43.9 Å². The zero-order valence-electron chi connectivity index (χ0n) is 12.1. The molecule has 0 saturated carbocycles. The molecular formula is C16H11ClN2O4S. The van der Waals surface area contributed by atoms with Crippen LogP contribution in [-0.2, 0) is 10.1 Å². The molecular weight excluding hydrogens is 352 g/mol. The first-order chi connectivity index (χ1) is 11.4. The van der Waals surface area contributed by atoms with E-state index in [1.165, 1.54) is 18.2 Å². The van der Waals surface area contributed by atoms with Crippen LogP contribution in [0.4, 0.5) is 11.4 Å². The van der Waals surface area contributed by atoms with Crippen LogP contribution in [-0.4, -0.2) is 18.1 Å². The number of phenols is 1. The van der Waals surface area contributed by atoms with Crippen molar-refractivity contribution < 1.29 is 18.1 Å². The first kappa shape index (κ1) is 16.4. The second-order valence-electron chi connectivity index (χ2n) is 4.94. The third-order valence-electron chi connectivity index (χ3n) is 3.34. The van der Waals surface area contributed by atoms with Gasteiger partial charge in [0.1, 0.15) is 16.3 Å². The standard InChI is InChI=1S/C16H11ClN2O4S/c17-13-9-11(6-8-15(13)24(21,22)23)18-19-16-12-4-2-1-3-10(12)5-7-14(16)20/h1-9,20H,(H,21,22,23)/b19-18+. The molecule has 0 unspecified atom stereocenters. The average Bonchev–Trinajstić information content (AvgIpc) is 2.53. The Labute approximate surface area is 142 Å². The summed E-state index contributed by atoms with van der Waals surface area (Å²) in [5.41, 5.74) is 0.572. The number of rotatable bonds is 3. The Kier molecular flexibility index (Phi) is 4.23. The van der Waals surface area contributed by atoms with Crippen LogP contribution in [0.2, 0.25) is 5.02 Å². The fraction of sp³-hybridized carbons (Fsp3) is 0. The highest BCUT2D eigenvalue weighted by Crippen LogP contribution is 2.36. The largest absolute Gasteiger partial charge is 0.506 e. The summed E-state index contributed by atoms with van der Waals surface area (Å²) in [6.45, 7) is 0. The van der Waals surface area contributed by atoms with Gasteiger partial charge in [0, 0.05) is 5.39 Å². The Morgan fingerprint density at radius 2 is 1.71 bits per heavy atom. The summed E-state index contributed by atoms with van der Waals surface area (Å²) in [5, 5.41) is 19.5. The SMILES string of the molecule is O=S(=O)(O)c1ccc(/N=N/c2c(O)ccc3ccccc23)cc1Cl. The van der Waals surface area contributed by atoms with Gasteiger partial charge in [-0.1, -0.05) is 41.9 Å². The van der Waals surface area contributed by atoms with Crippen LogP contribution in [0.5, 0.6) is 5.75 Å². The topological polar surface area (TPSA) is 99.3 Å². The van der Waals surface area contributed by atoms with Crippen LogP contribution >= 0.6 is 11.6 Å². The van der Waals surface area contributed by atoms with E-state index in [1.807, 2.05) is 18.2 Å². The number of nitrogens with zero attached hydrogens (tertiary/aromatic N) is 2. The maximum absolute atomic E-state index is 11.1. The van der Waals surface area contributed by atoms with Crippen molar-refractivity contribution in [1.29, 1.82) is 0 Å². The lowest BCUT2D eigenvalue weighted by atomic mass is 10.1. The third kappa shape index (κ3) is 3.23. The molecule has 24 heavy (non-hydrogen) atoms. The summed E-state index contributed by atoms with van der Waals surface area (Å²) in [5.74, 6) is -0.0295. The summed E-state index contributed by atoms with van der Waals surface area (Å²) in [6, 6.07) is 14.4. The molecule has 0 spiro atoms. The molecule has 6 nitrogen and oxygen atoms in total. The molecule has 122 valence electrons. The fourth-order valence-corrected chi connectivity index (χ4v) is 3.23.